The molecule has 214 valence electrons. The molecule has 0 bridgehead atoms. The number of nitrogens with zero attached hydrogens (tertiary/aromatic N) is 3. The highest BCUT2D eigenvalue weighted by Gasteiger charge is 2.41. The molecule has 6 heteroatoms. The molecule has 0 unspecified atom stereocenters. The lowest BCUT2D eigenvalue weighted by molar-refractivity contribution is -0.121. The summed E-state index contributed by atoms with van der Waals surface area (Å²) in [5.41, 5.74) is 5.07. The summed E-state index contributed by atoms with van der Waals surface area (Å²) in [5.74, 6) is 0.674. The van der Waals surface area contributed by atoms with Crippen molar-refractivity contribution >= 4 is 22.6 Å². The molecule has 0 aliphatic rings. The Labute approximate surface area is 252 Å². The van der Waals surface area contributed by atoms with E-state index < -0.39 is 5.54 Å². The van der Waals surface area contributed by atoms with Gasteiger partial charge in [0.05, 0.1) is 29.1 Å². The smallest absolute Gasteiger partial charge is 0.226 e. The number of hydrogen-bond donors (Lipinski definition) is 2. The van der Waals surface area contributed by atoms with Gasteiger partial charge >= 0.3 is 0 Å². The summed E-state index contributed by atoms with van der Waals surface area (Å²) < 4.78 is 2.11. The molecule has 0 saturated heterocycles. The fraction of sp³-hybridized carbons (Fsp3) is 0.162. The van der Waals surface area contributed by atoms with Crippen molar-refractivity contribution in [1.29, 1.82) is 0 Å². The monoisotopic (exact) mass is 565 g/mol. The number of rotatable bonds is 10. The van der Waals surface area contributed by atoms with Crippen LogP contribution in [0.5, 0.6) is 0 Å². The molecule has 0 saturated carbocycles. The number of nitrogens with one attached hydrogen (secondary N) is 2. The van der Waals surface area contributed by atoms with Crippen molar-refractivity contribution < 1.29 is 4.79 Å². The molecule has 2 heterocycles. The van der Waals surface area contributed by atoms with Gasteiger partial charge in [-0.25, -0.2) is 4.68 Å². The average molecular weight is 566 g/mol. The summed E-state index contributed by atoms with van der Waals surface area (Å²) in [5, 5.41) is 12.7. The summed E-state index contributed by atoms with van der Waals surface area (Å²) in [7, 11) is 0. The second kappa shape index (κ2) is 12.3. The minimum atomic E-state index is -0.793. The first-order valence-corrected chi connectivity index (χ1v) is 14.7. The fourth-order valence-electron chi connectivity index (χ4n) is 5.89. The Kier molecular flexibility index (Phi) is 8.01. The Morgan fingerprint density at radius 1 is 0.791 bits per heavy atom. The van der Waals surface area contributed by atoms with Gasteiger partial charge in [0.1, 0.15) is 5.54 Å². The highest BCUT2D eigenvalue weighted by atomic mass is 16.1. The van der Waals surface area contributed by atoms with Crippen LogP contribution < -0.4 is 10.6 Å². The number of aromatic nitrogens is 3. The third kappa shape index (κ3) is 5.40. The van der Waals surface area contributed by atoms with Crippen molar-refractivity contribution in [2.45, 2.75) is 31.8 Å². The van der Waals surface area contributed by atoms with Gasteiger partial charge in [-0.15, -0.1) is 0 Å². The molecule has 4 aromatic carbocycles. The molecule has 6 nitrogen and oxygen atoms in total. The lowest BCUT2D eigenvalue weighted by Crippen LogP contribution is -2.38. The van der Waals surface area contributed by atoms with Gasteiger partial charge in [-0.3, -0.25) is 9.78 Å². The summed E-state index contributed by atoms with van der Waals surface area (Å²) >= 11 is 0. The van der Waals surface area contributed by atoms with Gasteiger partial charge < -0.3 is 10.6 Å². The number of pyridine rings is 1. The Balaban J connectivity index is 1.53. The number of carbonyl (C=O) groups is 1. The standard InChI is InChI=1S/C37H35N5O/c1-3-38-36-33-26-39-32(25-35(43)40-27(2)28-16-8-4-9-17-28)24-34(33)42(41-36)37(29-18-10-5-11-19-29,30-20-12-6-13-21-30)31-22-14-7-15-23-31/h4-24,26-27H,3,25H2,1-2H3,(H,38,41)(H,40,43)/t27-/m1/s1. The number of anilines is 1. The molecule has 6 aromatic rings. The average Bonchev–Trinajstić information content (AvgIpc) is 3.41. The lowest BCUT2D eigenvalue weighted by Gasteiger charge is -2.37. The Bertz CT molecular complexity index is 1710. The van der Waals surface area contributed by atoms with Crippen LogP contribution in [0.1, 0.15) is 47.8 Å². The molecular weight excluding hydrogens is 530 g/mol. The number of amides is 1. The van der Waals surface area contributed by atoms with E-state index in [1.54, 1.807) is 0 Å². The maximum atomic E-state index is 13.2. The quantitative estimate of drug-likeness (QED) is 0.174. The van der Waals surface area contributed by atoms with Crippen molar-refractivity contribution in [3.8, 4) is 0 Å². The van der Waals surface area contributed by atoms with E-state index in [-0.39, 0.29) is 18.4 Å². The Morgan fingerprint density at radius 2 is 1.30 bits per heavy atom. The van der Waals surface area contributed by atoms with E-state index in [0.717, 1.165) is 39.0 Å². The molecular formula is C37H35N5O. The van der Waals surface area contributed by atoms with Crippen molar-refractivity contribution in [2.75, 3.05) is 11.9 Å². The van der Waals surface area contributed by atoms with E-state index in [1.807, 2.05) is 67.7 Å². The first kappa shape index (κ1) is 27.9. The molecule has 1 atom stereocenters. The zero-order valence-electron chi connectivity index (χ0n) is 24.4. The van der Waals surface area contributed by atoms with E-state index >= 15 is 0 Å². The second-order valence-corrected chi connectivity index (χ2v) is 10.7. The Hall–Kier alpha value is -5.23. The molecule has 2 N–H and O–H groups in total. The molecule has 0 aliphatic heterocycles. The summed E-state index contributed by atoms with van der Waals surface area (Å²) in [4.78, 5) is 17.9. The van der Waals surface area contributed by atoms with Crippen molar-refractivity contribution in [1.82, 2.24) is 20.1 Å². The maximum absolute atomic E-state index is 13.2. The SMILES string of the molecule is CCNc1nn(C(c2ccccc2)(c2ccccc2)c2ccccc2)c2cc(CC(=O)N[C@H](C)c3ccccc3)ncc12. The first-order valence-electron chi connectivity index (χ1n) is 14.7. The zero-order valence-corrected chi connectivity index (χ0v) is 24.4. The third-order valence-corrected chi connectivity index (χ3v) is 7.88. The van der Waals surface area contributed by atoms with Crippen LogP contribution in [0.3, 0.4) is 0 Å². The molecule has 0 aliphatic carbocycles. The molecule has 1 amide bonds. The van der Waals surface area contributed by atoms with Crippen molar-refractivity contribution in [3.63, 3.8) is 0 Å². The summed E-state index contributed by atoms with van der Waals surface area (Å²) in [6.45, 7) is 4.77. The van der Waals surface area contributed by atoms with Crippen LogP contribution >= 0.6 is 0 Å². The molecule has 0 spiro atoms. The van der Waals surface area contributed by atoms with E-state index in [9.17, 15) is 4.79 Å². The predicted octanol–water partition coefficient (Wildman–Crippen LogP) is 7.12. The number of benzene rings is 4. The molecule has 0 fully saturated rings. The zero-order chi connectivity index (χ0) is 29.6. The first-order chi connectivity index (χ1) is 21.1. The number of carbonyl (C=O) groups excluding carboxylic acids is 1. The molecule has 2 aromatic heterocycles. The van der Waals surface area contributed by atoms with Crippen molar-refractivity contribution in [2.24, 2.45) is 0 Å². The van der Waals surface area contributed by atoms with Crippen molar-refractivity contribution in [3.05, 3.63) is 162 Å². The van der Waals surface area contributed by atoms with Gasteiger partial charge in [-0.2, -0.15) is 5.10 Å². The molecule has 0 radical (unpaired) electrons. The van der Waals surface area contributed by atoms with Crippen LogP contribution in [0.25, 0.3) is 10.9 Å². The third-order valence-electron chi connectivity index (χ3n) is 7.88. The fourth-order valence-corrected chi connectivity index (χ4v) is 5.89. The lowest BCUT2D eigenvalue weighted by atomic mass is 9.77. The number of hydrogen-bond acceptors (Lipinski definition) is 4. The molecule has 6 rings (SSSR count). The minimum Gasteiger partial charge on any atom is -0.368 e. The van der Waals surface area contributed by atoms with Crippen LogP contribution in [0.2, 0.25) is 0 Å². The van der Waals surface area contributed by atoms with E-state index in [4.69, 9.17) is 10.1 Å². The minimum absolute atomic E-state index is 0.0818. The summed E-state index contributed by atoms with van der Waals surface area (Å²) in [6.07, 6.45) is 2.00. The summed E-state index contributed by atoms with van der Waals surface area (Å²) in [6, 6.07) is 43.3. The van der Waals surface area contributed by atoms with E-state index in [1.165, 1.54) is 0 Å². The number of fused-ring (bicyclic) bond motifs is 1. The topological polar surface area (TPSA) is 71.8 Å². The van der Waals surface area contributed by atoms with E-state index in [2.05, 4.69) is 95.0 Å². The second-order valence-electron chi connectivity index (χ2n) is 10.7. The van der Waals surface area contributed by atoms with E-state index in [0.29, 0.717) is 12.2 Å². The van der Waals surface area contributed by atoms with Crippen LogP contribution in [-0.4, -0.2) is 27.2 Å². The molecule has 43 heavy (non-hydrogen) atoms. The van der Waals surface area contributed by atoms with Crippen LogP contribution in [-0.2, 0) is 16.8 Å². The predicted molar refractivity (Wildman–Crippen MR) is 173 cm³/mol. The highest BCUT2D eigenvalue weighted by Crippen LogP contribution is 2.43. The van der Waals surface area contributed by atoms with Gasteiger partial charge in [0, 0.05) is 12.7 Å². The van der Waals surface area contributed by atoms with Gasteiger partial charge in [0.15, 0.2) is 5.82 Å². The van der Waals surface area contributed by atoms with Crippen LogP contribution in [0, 0.1) is 0 Å². The van der Waals surface area contributed by atoms with Gasteiger partial charge in [-0.05, 0) is 42.2 Å². The normalized spacial score (nSPS) is 12.1. The Morgan fingerprint density at radius 3 is 1.81 bits per heavy atom. The van der Waals surface area contributed by atoms with Crippen LogP contribution in [0.4, 0.5) is 5.82 Å². The highest BCUT2D eigenvalue weighted by molar-refractivity contribution is 5.91. The van der Waals surface area contributed by atoms with Gasteiger partial charge in [0.25, 0.3) is 0 Å². The maximum Gasteiger partial charge on any atom is 0.226 e. The largest absolute Gasteiger partial charge is 0.368 e. The van der Waals surface area contributed by atoms with Gasteiger partial charge in [-0.1, -0.05) is 121 Å². The van der Waals surface area contributed by atoms with Gasteiger partial charge in [0.2, 0.25) is 5.91 Å². The van der Waals surface area contributed by atoms with Crippen LogP contribution in [0.15, 0.2) is 134 Å².